The molecule has 0 amide bonds. The summed E-state index contributed by atoms with van der Waals surface area (Å²) in [4.78, 5) is 0. The van der Waals surface area contributed by atoms with Gasteiger partial charge < -0.3 is 0 Å². The molecular formula is C4H7F6NO2SSi. The molecule has 0 aliphatic heterocycles. The highest BCUT2D eigenvalue weighted by Gasteiger charge is 2.59. The summed E-state index contributed by atoms with van der Waals surface area (Å²) in [6.45, 7) is 1.66. The minimum atomic E-state index is -6.33. The fourth-order valence-corrected chi connectivity index (χ4v) is 4.48. The molecule has 0 unspecified atom stereocenters. The van der Waals surface area contributed by atoms with Gasteiger partial charge in [-0.05, 0) is 0 Å². The first-order valence-electron chi connectivity index (χ1n) is 3.49. The smallest absolute Gasteiger partial charge is 0.203 e. The van der Waals surface area contributed by atoms with Crippen molar-refractivity contribution in [1.82, 2.24) is 3.97 Å². The van der Waals surface area contributed by atoms with E-state index in [0.29, 0.717) is 0 Å². The minimum absolute atomic E-state index is 0.830. The Morgan fingerprint density at radius 3 is 1.40 bits per heavy atom. The van der Waals surface area contributed by atoms with Gasteiger partial charge in [-0.2, -0.15) is 26.3 Å². The molecule has 92 valence electrons. The van der Waals surface area contributed by atoms with Gasteiger partial charge in [0.1, 0.15) is 8.96 Å². The summed E-state index contributed by atoms with van der Waals surface area (Å²) in [5, 5.41) is 0. The maximum absolute atomic E-state index is 12.1. The van der Waals surface area contributed by atoms with Crippen LogP contribution in [0.3, 0.4) is 0 Å². The molecule has 0 aromatic carbocycles. The standard InChI is InChI=1S/C4H7F6NO2SSi/c1-15(2)11(3(5,6)7)14(12,13)4(8,9)10/h15H,1-2H3. The van der Waals surface area contributed by atoms with Crippen molar-refractivity contribution < 1.29 is 34.8 Å². The van der Waals surface area contributed by atoms with Gasteiger partial charge in [-0.3, -0.25) is 0 Å². The molecule has 0 heterocycles. The largest absolute Gasteiger partial charge is 0.511 e. The fourth-order valence-electron chi connectivity index (χ4n) is 0.818. The molecule has 0 saturated carbocycles. The molecule has 0 radical (unpaired) electrons. The number of hydrogen-bond acceptors (Lipinski definition) is 2. The number of hydrogen-bond donors (Lipinski definition) is 0. The summed E-state index contributed by atoms with van der Waals surface area (Å²) in [6, 6.07) is 0. The van der Waals surface area contributed by atoms with Crippen LogP contribution in [0.2, 0.25) is 13.1 Å². The van der Waals surface area contributed by atoms with Crippen LogP contribution in [0.25, 0.3) is 0 Å². The van der Waals surface area contributed by atoms with Crippen molar-refractivity contribution in [3.05, 3.63) is 0 Å². The number of alkyl halides is 6. The van der Waals surface area contributed by atoms with E-state index in [1.54, 1.807) is 0 Å². The molecule has 0 saturated heterocycles. The van der Waals surface area contributed by atoms with Crippen LogP contribution >= 0.6 is 0 Å². The zero-order valence-electron chi connectivity index (χ0n) is 7.52. The fraction of sp³-hybridized carbons (Fsp3) is 1.00. The Morgan fingerprint density at radius 1 is 1.00 bits per heavy atom. The van der Waals surface area contributed by atoms with E-state index >= 15 is 0 Å². The van der Waals surface area contributed by atoms with Gasteiger partial charge in [0, 0.05) is 0 Å². The Hall–Kier alpha value is -0.293. The van der Waals surface area contributed by atoms with Crippen molar-refractivity contribution >= 4 is 19.0 Å². The van der Waals surface area contributed by atoms with Crippen molar-refractivity contribution in [3.8, 4) is 0 Å². The molecule has 0 N–H and O–H groups in total. The first-order chi connectivity index (χ1) is 6.32. The topological polar surface area (TPSA) is 37.4 Å². The number of nitrogens with zero attached hydrogens (tertiary/aromatic N) is 1. The molecule has 0 bridgehead atoms. The Balaban J connectivity index is 5.51. The third-order valence-electron chi connectivity index (χ3n) is 1.27. The number of sulfonamides is 1. The second-order valence-electron chi connectivity index (χ2n) is 2.81. The van der Waals surface area contributed by atoms with E-state index in [2.05, 4.69) is 0 Å². The van der Waals surface area contributed by atoms with Crippen LogP contribution in [0.5, 0.6) is 0 Å². The zero-order chi connectivity index (χ0) is 12.7. The lowest BCUT2D eigenvalue weighted by Gasteiger charge is -2.27. The lowest BCUT2D eigenvalue weighted by Crippen LogP contribution is -2.53. The third kappa shape index (κ3) is 3.08. The summed E-state index contributed by atoms with van der Waals surface area (Å²) in [5.41, 5.74) is -5.93. The summed E-state index contributed by atoms with van der Waals surface area (Å²) < 4.78 is 91.6. The predicted molar refractivity (Wildman–Crippen MR) is 41.7 cm³/mol. The molecule has 0 atom stereocenters. The Kier molecular flexibility index (Phi) is 3.86. The monoisotopic (exact) mass is 275 g/mol. The van der Waals surface area contributed by atoms with Gasteiger partial charge in [0.25, 0.3) is 0 Å². The Bertz CT molecular complexity index is 319. The zero-order valence-corrected chi connectivity index (χ0v) is 9.49. The molecule has 3 nitrogen and oxygen atoms in total. The molecule has 0 spiro atoms. The van der Waals surface area contributed by atoms with Crippen molar-refractivity contribution in [2.75, 3.05) is 0 Å². The normalized spacial score (nSPS) is 15.1. The van der Waals surface area contributed by atoms with E-state index in [0.717, 1.165) is 13.1 Å². The SMILES string of the molecule is C[SiH](C)N(C(F)(F)F)S(=O)(=O)C(F)(F)F. The summed E-state index contributed by atoms with van der Waals surface area (Å²) in [5.74, 6) is 0. The highest BCUT2D eigenvalue weighted by Crippen LogP contribution is 2.34. The van der Waals surface area contributed by atoms with Gasteiger partial charge in [-0.25, -0.2) is 8.42 Å². The van der Waals surface area contributed by atoms with Crippen LogP contribution in [0, 0.1) is 0 Å². The van der Waals surface area contributed by atoms with Crippen LogP contribution < -0.4 is 0 Å². The highest BCUT2D eigenvalue weighted by molar-refractivity contribution is 7.91. The molecular weight excluding hydrogens is 268 g/mol. The van der Waals surface area contributed by atoms with E-state index in [1.165, 1.54) is 0 Å². The van der Waals surface area contributed by atoms with Crippen molar-refractivity contribution in [2.45, 2.75) is 24.9 Å². The number of rotatable bonds is 2. The van der Waals surface area contributed by atoms with E-state index in [4.69, 9.17) is 0 Å². The summed E-state index contributed by atoms with van der Waals surface area (Å²) in [7, 11) is -9.56. The maximum Gasteiger partial charge on any atom is 0.511 e. The van der Waals surface area contributed by atoms with Crippen LogP contribution in [-0.4, -0.2) is 33.2 Å². The van der Waals surface area contributed by atoms with Gasteiger partial charge in [0.05, 0.1) is 0 Å². The minimum Gasteiger partial charge on any atom is -0.203 e. The lowest BCUT2D eigenvalue weighted by atomic mass is 11.2. The van der Waals surface area contributed by atoms with Gasteiger partial charge >= 0.3 is 21.8 Å². The van der Waals surface area contributed by atoms with Crippen molar-refractivity contribution in [3.63, 3.8) is 0 Å². The van der Waals surface area contributed by atoms with Crippen LogP contribution in [0.1, 0.15) is 0 Å². The van der Waals surface area contributed by atoms with Crippen LogP contribution in [0.4, 0.5) is 26.3 Å². The van der Waals surface area contributed by atoms with E-state index in [1.807, 2.05) is 0 Å². The van der Waals surface area contributed by atoms with E-state index in [-0.39, 0.29) is 0 Å². The third-order valence-corrected chi connectivity index (χ3v) is 5.91. The summed E-state index contributed by atoms with van der Waals surface area (Å²) >= 11 is 0. The maximum atomic E-state index is 12.1. The molecule has 0 aromatic heterocycles. The average Bonchev–Trinajstić information content (AvgIpc) is 1.76. The van der Waals surface area contributed by atoms with E-state index < -0.39 is 34.8 Å². The second-order valence-corrected chi connectivity index (χ2v) is 7.69. The first kappa shape index (κ1) is 14.7. The van der Waals surface area contributed by atoms with Crippen molar-refractivity contribution in [2.24, 2.45) is 0 Å². The molecule has 0 aliphatic rings. The van der Waals surface area contributed by atoms with Crippen molar-refractivity contribution in [1.29, 1.82) is 0 Å². The number of halogens is 6. The van der Waals surface area contributed by atoms with E-state index in [9.17, 15) is 34.8 Å². The second kappa shape index (κ2) is 3.94. The summed E-state index contributed by atoms with van der Waals surface area (Å²) in [6.07, 6.45) is -5.53. The van der Waals surface area contributed by atoms with Crippen LogP contribution in [-0.2, 0) is 10.0 Å². The predicted octanol–water partition coefficient (Wildman–Crippen LogP) is 1.64. The molecule has 0 aliphatic carbocycles. The van der Waals surface area contributed by atoms with Gasteiger partial charge in [-0.15, -0.1) is 3.97 Å². The highest BCUT2D eigenvalue weighted by atomic mass is 32.2. The average molecular weight is 275 g/mol. The first-order valence-corrected chi connectivity index (χ1v) is 7.76. The van der Waals surface area contributed by atoms with Gasteiger partial charge in [-0.1, -0.05) is 13.1 Å². The Morgan fingerprint density at radius 2 is 1.33 bits per heavy atom. The lowest BCUT2D eigenvalue weighted by molar-refractivity contribution is -0.189. The van der Waals surface area contributed by atoms with Gasteiger partial charge in [0.2, 0.25) is 0 Å². The molecule has 0 fully saturated rings. The molecule has 11 heteroatoms. The molecule has 0 aromatic rings. The molecule has 15 heavy (non-hydrogen) atoms. The van der Waals surface area contributed by atoms with Crippen LogP contribution in [0.15, 0.2) is 0 Å². The van der Waals surface area contributed by atoms with Gasteiger partial charge in [0.15, 0.2) is 0 Å². The molecule has 0 rings (SSSR count). The quantitative estimate of drug-likeness (QED) is 0.436. The Labute approximate surface area is 83.4 Å².